The predicted octanol–water partition coefficient (Wildman–Crippen LogP) is 3.47. The molecule has 0 aromatic rings. The molecule has 0 spiro atoms. The number of piperidine rings is 1. The molecule has 3 aliphatic rings. The Morgan fingerprint density at radius 2 is 1.81 bits per heavy atom. The van der Waals surface area contributed by atoms with Crippen molar-refractivity contribution in [3.8, 4) is 0 Å². The fourth-order valence-electron chi connectivity index (χ4n) is 5.00. The minimum absolute atomic E-state index is 0.386. The lowest BCUT2D eigenvalue weighted by molar-refractivity contribution is -0.137. The monoisotopic (exact) mass is 292 g/mol. The summed E-state index contributed by atoms with van der Waals surface area (Å²) < 4.78 is 0. The van der Waals surface area contributed by atoms with E-state index >= 15 is 0 Å². The largest absolute Gasteiger partial charge is 0.339 e. The normalized spacial score (nSPS) is 37.1. The number of nitrogens with zero attached hydrogens (tertiary/aromatic N) is 1. The first-order chi connectivity index (χ1) is 10.2. The van der Waals surface area contributed by atoms with Gasteiger partial charge >= 0.3 is 0 Å². The molecule has 0 aromatic heterocycles. The molecule has 2 N–H and O–H groups in total. The van der Waals surface area contributed by atoms with E-state index in [0.717, 1.165) is 31.7 Å². The minimum Gasteiger partial charge on any atom is -0.339 e. The lowest BCUT2D eigenvalue weighted by Gasteiger charge is -2.44. The SMILES string of the molecule is NC1CCCC(CCC(=O)N2CCCC3CCCCC32)C1. The van der Waals surface area contributed by atoms with Gasteiger partial charge in [-0.3, -0.25) is 4.79 Å². The number of amides is 1. The minimum atomic E-state index is 0.386. The number of hydrogen-bond donors (Lipinski definition) is 1. The Bertz CT molecular complexity index is 355. The second-order valence-corrected chi connectivity index (χ2v) is 7.67. The van der Waals surface area contributed by atoms with Crippen molar-refractivity contribution in [2.75, 3.05) is 6.54 Å². The predicted molar refractivity (Wildman–Crippen MR) is 85.9 cm³/mol. The van der Waals surface area contributed by atoms with Gasteiger partial charge in [0.25, 0.3) is 0 Å². The van der Waals surface area contributed by atoms with Crippen LogP contribution in [-0.4, -0.2) is 29.4 Å². The molecule has 0 radical (unpaired) electrons. The zero-order valence-corrected chi connectivity index (χ0v) is 13.4. The van der Waals surface area contributed by atoms with Crippen LogP contribution >= 0.6 is 0 Å². The molecule has 3 nitrogen and oxygen atoms in total. The lowest BCUT2D eigenvalue weighted by Crippen LogP contribution is -2.49. The third-order valence-corrected chi connectivity index (χ3v) is 6.15. The van der Waals surface area contributed by atoms with Gasteiger partial charge in [-0.2, -0.15) is 0 Å². The van der Waals surface area contributed by atoms with E-state index in [9.17, 15) is 4.79 Å². The summed E-state index contributed by atoms with van der Waals surface area (Å²) in [5.41, 5.74) is 6.07. The van der Waals surface area contributed by atoms with E-state index in [1.807, 2.05) is 0 Å². The van der Waals surface area contributed by atoms with Crippen molar-refractivity contribution in [3.63, 3.8) is 0 Å². The van der Waals surface area contributed by atoms with E-state index in [2.05, 4.69) is 4.90 Å². The summed E-state index contributed by atoms with van der Waals surface area (Å²) in [6, 6.07) is 0.963. The van der Waals surface area contributed by atoms with Crippen LogP contribution in [0, 0.1) is 11.8 Å². The number of rotatable bonds is 3. The van der Waals surface area contributed by atoms with Crippen molar-refractivity contribution in [2.24, 2.45) is 17.6 Å². The molecule has 2 saturated carbocycles. The van der Waals surface area contributed by atoms with Gasteiger partial charge in [0.1, 0.15) is 0 Å². The van der Waals surface area contributed by atoms with E-state index < -0.39 is 0 Å². The Morgan fingerprint density at radius 1 is 1.00 bits per heavy atom. The third kappa shape index (κ3) is 3.80. The van der Waals surface area contributed by atoms with E-state index in [4.69, 9.17) is 5.73 Å². The molecule has 1 saturated heterocycles. The van der Waals surface area contributed by atoms with E-state index in [-0.39, 0.29) is 0 Å². The van der Waals surface area contributed by atoms with Crippen molar-refractivity contribution >= 4 is 5.91 Å². The molecular formula is C18H32N2O. The number of carbonyl (C=O) groups is 1. The summed E-state index contributed by atoms with van der Waals surface area (Å²) in [4.78, 5) is 14.9. The summed E-state index contributed by atoms with van der Waals surface area (Å²) in [6.07, 6.45) is 14.6. The summed E-state index contributed by atoms with van der Waals surface area (Å²) in [6.45, 7) is 1.02. The van der Waals surface area contributed by atoms with Crippen LogP contribution in [0.15, 0.2) is 0 Å². The average Bonchev–Trinajstić information content (AvgIpc) is 2.52. The molecule has 120 valence electrons. The van der Waals surface area contributed by atoms with Crippen LogP contribution in [0.5, 0.6) is 0 Å². The Kier molecular flexibility index (Phi) is 5.20. The molecule has 3 heteroatoms. The standard InChI is InChI=1S/C18H32N2O/c19-16-8-3-5-14(13-16)10-11-18(21)20-12-4-7-15-6-1-2-9-17(15)20/h14-17H,1-13,19H2. The van der Waals surface area contributed by atoms with Crippen LogP contribution in [-0.2, 0) is 4.79 Å². The van der Waals surface area contributed by atoms with Gasteiger partial charge < -0.3 is 10.6 Å². The first-order valence-corrected chi connectivity index (χ1v) is 9.29. The maximum absolute atomic E-state index is 12.7. The van der Waals surface area contributed by atoms with Crippen LogP contribution in [0.4, 0.5) is 0 Å². The molecule has 3 rings (SSSR count). The third-order valence-electron chi connectivity index (χ3n) is 6.15. The quantitative estimate of drug-likeness (QED) is 0.866. The van der Waals surface area contributed by atoms with Crippen molar-refractivity contribution in [2.45, 2.75) is 89.1 Å². The number of carbonyl (C=O) groups excluding carboxylic acids is 1. The van der Waals surface area contributed by atoms with Crippen LogP contribution in [0.3, 0.4) is 0 Å². The highest BCUT2D eigenvalue weighted by atomic mass is 16.2. The zero-order valence-electron chi connectivity index (χ0n) is 13.4. The lowest BCUT2D eigenvalue weighted by atomic mass is 9.78. The van der Waals surface area contributed by atoms with E-state index in [1.54, 1.807) is 0 Å². The van der Waals surface area contributed by atoms with E-state index in [0.29, 0.717) is 23.9 Å². The van der Waals surface area contributed by atoms with Crippen molar-refractivity contribution in [1.29, 1.82) is 0 Å². The fraction of sp³-hybridized carbons (Fsp3) is 0.944. The Morgan fingerprint density at radius 3 is 2.67 bits per heavy atom. The van der Waals surface area contributed by atoms with Crippen LogP contribution in [0.25, 0.3) is 0 Å². The van der Waals surface area contributed by atoms with Crippen LogP contribution in [0.2, 0.25) is 0 Å². The first-order valence-electron chi connectivity index (χ1n) is 9.29. The zero-order chi connectivity index (χ0) is 14.7. The molecule has 21 heavy (non-hydrogen) atoms. The Balaban J connectivity index is 1.49. The maximum Gasteiger partial charge on any atom is 0.222 e. The van der Waals surface area contributed by atoms with E-state index in [1.165, 1.54) is 57.8 Å². The van der Waals surface area contributed by atoms with Gasteiger partial charge in [0.2, 0.25) is 5.91 Å². The number of fused-ring (bicyclic) bond motifs is 1. The molecule has 1 aliphatic heterocycles. The summed E-state index contributed by atoms with van der Waals surface area (Å²) in [5.74, 6) is 1.94. The molecule has 0 aromatic carbocycles. The van der Waals surface area contributed by atoms with Gasteiger partial charge in [-0.1, -0.05) is 25.7 Å². The highest BCUT2D eigenvalue weighted by Crippen LogP contribution is 2.36. The van der Waals surface area contributed by atoms with Crippen LogP contribution in [0.1, 0.15) is 77.0 Å². The highest BCUT2D eigenvalue weighted by molar-refractivity contribution is 5.76. The molecule has 0 bridgehead atoms. The Hall–Kier alpha value is -0.570. The fourth-order valence-corrected chi connectivity index (χ4v) is 5.00. The summed E-state index contributed by atoms with van der Waals surface area (Å²) >= 11 is 0. The summed E-state index contributed by atoms with van der Waals surface area (Å²) in [7, 11) is 0. The van der Waals surface area contributed by atoms with Gasteiger partial charge in [-0.15, -0.1) is 0 Å². The van der Waals surface area contributed by atoms with Gasteiger partial charge in [-0.25, -0.2) is 0 Å². The number of likely N-dealkylation sites (tertiary alicyclic amines) is 1. The van der Waals surface area contributed by atoms with Gasteiger partial charge in [0.15, 0.2) is 0 Å². The molecule has 2 aliphatic carbocycles. The Labute approximate surface area is 129 Å². The van der Waals surface area contributed by atoms with Crippen LogP contribution < -0.4 is 5.73 Å². The van der Waals surface area contributed by atoms with Gasteiger partial charge in [0.05, 0.1) is 0 Å². The molecule has 1 amide bonds. The molecule has 4 unspecified atom stereocenters. The number of nitrogens with two attached hydrogens (primary N) is 1. The number of hydrogen-bond acceptors (Lipinski definition) is 2. The first kappa shape index (κ1) is 15.3. The van der Waals surface area contributed by atoms with Crippen molar-refractivity contribution in [1.82, 2.24) is 4.90 Å². The molecule has 1 heterocycles. The maximum atomic E-state index is 12.7. The second kappa shape index (κ2) is 7.13. The summed E-state index contributed by atoms with van der Waals surface area (Å²) in [5, 5.41) is 0. The highest BCUT2D eigenvalue weighted by Gasteiger charge is 2.35. The van der Waals surface area contributed by atoms with Crippen molar-refractivity contribution in [3.05, 3.63) is 0 Å². The molecular weight excluding hydrogens is 260 g/mol. The smallest absolute Gasteiger partial charge is 0.222 e. The average molecular weight is 292 g/mol. The molecule has 3 fully saturated rings. The molecule has 4 atom stereocenters. The second-order valence-electron chi connectivity index (χ2n) is 7.67. The van der Waals surface area contributed by atoms with Gasteiger partial charge in [0, 0.05) is 25.0 Å². The van der Waals surface area contributed by atoms with Crippen molar-refractivity contribution < 1.29 is 4.79 Å². The topological polar surface area (TPSA) is 46.3 Å². The van der Waals surface area contributed by atoms with Gasteiger partial charge in [-0.05, 0) is 56.8 Å².